The molecule has 2 aliphatic heterocycles. The minimum Gasteiger partial charge on any atom is -0.391 e. The van der Waals surface area contributed by atoms with Crippen LogP contribution in [-0.4, -0.2) is 107 Å². The van der Waals surface area contributed by atoms with Gasteiger partial charge in [-0.2, -0.15) is 4.98 Å². The summed E-state index contributed by atoms with van der Waals surface area (Å²) in [5.74, 6) is -0.653. The number of piperidine rings is 1. The van der Waals surface area contributed by atoms with Gasteiger partial charge in [0.1, 0.15) is 12.1 Å². The highest BCUT2D eigenvalue weighted by Crippen LogP contribution is 2.41. The van der Waals surface area contributed by atoms with Crippen molar-refractivity contribution in [3.05, 3.63) is 92.0 Å². The molecule has 2 aromatic carbocycles. The van der Waals surface area contributed by atoms with E-state index in [2.05, 4.69) is 63.6 Å². The first-order valence-electron chi connectivity index (χ1n) is 25.6. The van der Waals surface area contributed by atoms with E-state index in [1.807, 2.05) is 49.0 Å². The number of alkyl halides is 1. The number of benzene rings is 2. The number of imidazole rings is 1. The number of hydrogen-bond donors (Lipinski definition) is 3. The van der Waals surface area contributed by atoms with Gasteiger partial charge in [0.2, 0.25) is 17.6 Å². The van der Waals surface area contributed by atoms with Gasteiger partial charge >= 0.3 is 0 Å². The maximum Gasteiger partial charge on any atom is 0.283 e. The maximum atomic E-state index is 14.8. The molecule has 0 radical (unpaired) electrons. The molecule has 4 aromatic heterocycles. The molecule has 17 heteroatoms. The molecule has 71 heavy (non-hydrogen) atoms. The molecule has 6 aromatic rings. The minimum atomic E-state index is -1.96. The van der Waals surface area contributed by atoms with Crippen LogP contribution < -0.4 is 16.2 Å². The van der Waals surface area contributed by atoms with Crippen LogP contribution in [-0.2, 0) is 14.4 Å². The topological polar surface area (TPSA) is 167 Å². The van der Waals surface area contributed by atoms with Crippen molar-refractivity contribution >= 4 is 72.7 Å². The predicted molar refractivity (Wildman–Crippen MR) is 278 cm³/mol. The quantitative estimate of drug-likeness (QED) is 0.0851. The number of rotatable bonds is 15. The van der Waals surface area contributed by atoms with Crippen LogP contribution in [0.15, 0.2) is 69.5 Å². The number of likely N-dealkylation sites (tertiary alicyclic amines) is 2. The number of nitrogens with zero attached hydrogens (tertiary/aromatic N) is 7. The van der Waals surface area contributed by atoms with Crippen LogP contribution in [0.3, 0.4) is 0 Å². The first-order chi connectivity index (χ1) is 34.1. The van der Waals surface area contributed by atoms with E-state index in [9.17, 15) is 28.7 Å². The number of hydrogen-bond acceptors (Lipinski definition) is 10. The number of aliphatic hydroxyl groups is 1. The van der Waals surface area contributed by atoms with E-state index < -0.39 is 41.1 Å². The van der Waals surface area contributed by atoms with Crippen molar-refractivity contribution in [2.24, 2.45) is 5.41 Å². The minimum absolute atomic E-state index is 0.0558. The van der Waals surface area contributed by atoms with E-state index in [4.69, 9.17) is 9.97 Å². The Labute approximate surface area is 426 Å². The number of fused-ring (bicyclic) bond motifs is 5. The Kier molecular flexibility index (Phi) is 14.0. The number of aliphatic hydroxyl groups excluding tert-OH is 1. The van der Waals surface area contributed by atoms with E-state index in [-0.39, 0.29) is 49.4 Å². The molecule has 0 bridgehead atoms. The lowest BCUT2D eigenvalue weighted by atomic mass is 9.85. The zero-order valence-electron chi connectivity index (χ0n) is 41.1. The van der Waals surface area contributed by atoms with Gasteiger partial charge in [-0.15, -0.1) is 11.3 Å². The Morgan fingerprint density at radius 2 is 1.70 bits per heavy atom. The Morgan fingerprint density at radius 1 is 0.958 bits per heavy atom. The van der Waals surface area contributed by atoms with Gasteiger partial charge in [-0.1, -0.05) is 76.8 Å². The first-order valence-corrected chi connectivity index (χ1v) is 27.3. The number of carbonyl (C=O) groups is 3. The van der Waals surface area contributed by atoms with Crippen LogP contribution in [0.25, 0.3) is 38.2 Å². The van der Waals surface area contributed by atoms with Gasteiger partial charge < -0.3 is 30.1 Å². The molecule has 2 saturated heterocycles. The van der Waals surface area contributed by atoms with E-state index in [1.165, 1.54) is 4.90 Å². The van der Waals surface area contributed by atoms with Gasteiger partial charge in [-0.25, -0.2) is 9.37 Å². The number of thiazole rings is 1. The molecule has 2 aliphatic carbocycles. The molecule has 376 valence electrons. The van der Waals surface area contributed by atoms with Gasteiger partial charge in [0, 0.05) is 35.1 Å². The number of nitrogens with one attached hydrogen (secondary N) is 2. The molecular formula is C54H65BrFN9O5S. The highest BCUT2D eigenvalue weighted by atomic mass is 79.9. The monoisotopic (exact) mass is 1050 g/mol. The fraction of sp³-hybridized carbons (Fsp3) is 0.537. The average molecular weight is 1050 g/mol. The molecule has 14 nitrogen and oxygen atoms in total. The fourth-order valence-electron chi connectivity index (χ4n) is 11.4. The van der Waals surface area contributed by atoms with Crippen LogP contribution in [0, 0.1) is 12.3 Å². The van der Waals surface area contributed by atoms with E-state index in [0.717, 1.165) is 126 Å². The molecule has 4 atom stereocenters. The molecule has 0 unspecified atom stereocenters. The smallest absolute Gasteiger partial charge is 0.283 e. The van der Waals surface area contributed by atoms with Crippen LogP contribution in [0.2, 0.25) is 0 Å². The van der Waals surface area contributed by atoms with Crippen LogP contribution in [0.5, 0.6) is 0 Å². The lowest BCUT2D eigenvalue weighted by molar-refractivity contribution is -0.145. The second-order valence-corrected chi connectivity index (χ2v) is 23.4. The van der Waals surface area contributed by atoms with Gasteiger partial charge in [-0.05, 0) is 129 Å². The Bertz CT molecular complexity index is 3020. The SMILES string of the molecule is Cc1ncsc1-c1ccc([C@H](CCCCCN2CCC(c3cc4c(cn3)n3c5cccc(Br)c5c(=O)nc3n4C3CCCC3)CC2)NC(=O)[C@@H]2C[C@@H](O)CN2C(=O)[C@@H](NC(=O)C2(F)CC2)C(C)(C)C)cc1. The molecular weight excluding hydrogens is 986 g/mol. The number of aryl methyl sites for hydroxylation is 1. The lowest BCUT2D eigenvalue weighted by Gasteiger charge is -2.36. The molecule has 3 N–H and O–H groups in total. The van der Waals surface area contributed by atoms with Crippen molar-refractivity contribution in [1.82, 2.24) is 44.4 Å². The summed E-state index contributed by atoms with van der Waals surface area (Å²) in [4.78, 5) is 74.0. The van der Waals surface area contributed by atoms with Gasteiger partial charge in [0.05, 0.1) is 56.4 Å². The Morgan fingerprint density at radius 3 is 2.39 bits per heavy atom. The molecule has 2 saturated carbocycles. The standard InChI is InChI=1S/C54H65BrFN9O5S/c1-32-46(71-31-58-32)35-18-16-33(17-19-35)39(59-48(67)43-27-37(66)30-63(43)50(69)47(53(2,3)4)60-51(70)54(56)22-23-54)14-6-5-9-24-62-25-20-34(21-26-62)40-28-42-44(29-57-40)65-41-15-10-13-38(55)45(41)49(68)61-52(65)64(42)36-11-7-8-12-36/h10,13,15-19,28-29,31,34,36-37,39,43,47,66H,5-9,11-12,14,20-27,30H2,1-4H3,(H,59,67)(H,60,70)/t37-,39+,43+,47-/m1/s1. The largest absolute Gasteiger partial charge is 0.391 e. The molecule has 4 fully saturated rings. The lowest BCUT2D eigenvalue weighted by Crippen LogP contribution is -2.59. The number of amides is 3. The van der Waals surface area contributed by atoms with Gasteiger partial charge in [0.25, 0.3) is 11.5 Å². The average Bonchev–Trinajstić information content (AvgIpc) is 3.80. The molecule has 6 heterocycles. The molecule has 3 amide bonds. The van der Waals surface area contributed by atoms with Crippen molar-refractivity contribution in [2.75, 3.05) is 26.2 Å². The summed E-state index contributed by atoms with van der Waals surface area (Å²) in [6, 6.07) is 14.2. The van der Waals surface area contributed by atoms with Crippen molar-refractivity contribution in [1.29, 1.82) is 0 Å². The Balaban J connectivity index is 0.788. The third-order valence-corrected chi connectivity index (χ3v) is 17.2. The number of carbonyl (C=O) groups excluding carboxylic acids is 3. The second kappa shape index (κ2) is 20.1. The summed E-state index contributed by atoms with van der Waals surface area (Å²) in [7, 11) is 0. The summed E-state index contributed by atoms with van der Waals surface area (Å²) < 4.78 is 20.0. The molecule has 0 spiro atoms. The normalized spacial score (nSPS) is 20.8. The Hall–Kier alpha value is -5.10. The predicted octanol–water partition coefficient (Wildman–Crippen LogP) is 9.10. The zero-order valence-corrected chi connectivity index (χ0v) is 43.5. The summed E-state index contributed by atoms with van der Waals surface area (Å²) in [6.07, 6.45) is 11.4. The summed E-state index contributed by atoms with van der Waals surface area (Å²) in [5.41, 5.74) is 5.84. The number of aromatic nitrogens is 5. The van der Waals surface area contributed by atoms with E-state index in [1.54, 1.807) is 32.1 Å². The number of pyridine rings is 1. The van der Waals surface area contributed by atoms with Crippen LogP contribution in [0.1, 0.15) is 139 Å². The first kappa shape index (κ1) is 49.5. The van der Waals surface area contributed by atoms with Gasteiger partial charge in [0.15, 0.2) is 5.67 Å². The van der Waals surface area contributed by atoms with Crippen LogP contribution >= 0.6 is 27.3 Å². The van der Waals surface area contributed by atoms with Crippen LogP contribution in [0.4, 0.5) is 4.39 Å². The maximum absolute atomic E-state index is 14.8. The highest BCUT2D eigenvalue weighted by Gasteiger charge is 2.53. The van der Waals surface area contributed by atoms with E-state index in [0.29, 0.717) is 23.5 Å². The number of β-amino-alcohol motifs (C(OH)–C–C–N with tert-alkyl or cyclic N) is 1. The van der Waals surface area contributed by atoms with Gasteiger partial charge in [-0.3, -0.25) is 28.6 Å². The fourth-order valence-corrected chi connectivity index (χ4v) is 12.7. The highest BCUT2D eigenvalue weighted by molar-refractivity contribution is 9.10. The summed E-state index contributed by atoms with van der Waals surface area (Å²) >= 11 is 5.19. The van der Waals surface area contributed by atoms with Crippen molar-refractivity contribution in [2.45, 2.75) is 153 Å². The molecule has 10 rings (SSSR count). The summed E-state index contributed by atoms with van der Waals surface area (Å²) in [5, 5.41) is 17.4. The molecule has 4 aliphatic rings. The van der Waals surface area contributed by atoms with E-state index >= 15 is 0 Å². The van der Waals surface area contributed by atoms with Crippen molar-refractivity contribution < 1.29 is 23.9 Å². The number of halogens is 2. The number of unbranched alkanes of at least 4 members (excludes halogenated alkanes) is 2. The van der Waals surface area contributed by atoms with Crippen molar-refractivity contribution in [3.8, 4) is 10.4 Å². The third-order valence-electron chi connectivity index (χ3n) is 15.6. The second-order valence-electron chi connectivity index (χ2n) is 21.6. The third kappa shape index (κ3) is 10.0. The summed E-state index contributed by atoms with van der Waals surface area (Å²) in [6.45, 7) is 10.3. The van der Waals surface area contributed by atoms with Crippen molar-refractivity contribution in [3.63, 3.8) is 0 Å². The zero-order chi connectivity index (χ0) is 49.8.